The van der Waals surface area contributed by atoms with Gasteiger partial charge in [0.2, 0.25) is 0 Å². The summed E-state index contributed by atoms with van der Waals surface area (Å²) in [4.78, 5) is 4.71. The van der Waals surface area contributed by atoms with Crippen LogP contribution in [0.15, 0.2) is 53.1 Å². The summed E-state index contributed by atoms with van der Waals surface area (Å²) < 4.78 is 5.99. The Bertz CT molecular complexity index is 1070. The van der Waals surface area contributed by atoms with E-state index in [0.717, 1.165) is 34.4 Å². The van der Waals surface area contributed by atoms with Gasteiger partial charge in [-0.1, -0.05) is 32.0 Å². The maximum absolute atomic E-state index is 5.99. The first-order valence-corrected chi connectivity index (χ1v) is 8.90. The first kappa shape index (κ1) is 15.9. The fourth-order valence-electron chi connectivity index (χ4n) is 3.65. The zero-order valence-electron chi connectivity index (χ0n) is 15.3. The molecule has 0 spiro atoms. The second-order valence-corrected chi connectivity index (χ2v) is 7.40. The smallest absolute Gasteiger partial charge is 0.143 e. The molecule has 0 amide bonds. The molecule has 2 aromatic heterocycles. The monoisotopic (exact) mass is 329 g/mol. The van der Waals surface area contributed by atoms with Crippen molar-refractivity contribution in [3.05, 3.63) is 65.5 Å². The largest absolute Gasteiger partial charge is 0.461 e. The van der Waals surface area contributed by atoms with Crippen LogP contribution in [0.3, 0.4) is 0 Å². The van der Waals surface area contributed by atoms with E-state index < -0.39 is 0 Å². The van der Waals surface area contributed by atoms with Gasteiger partial charge in [-0.3, -0.25) is 4.98 Å². The van der Waals surface area contributed by atoms with E-state index in [2.05, 4.69) is 63.2 Å². The molecule has 0 radical (unpaired) electrons. The van der Waals surface area contributed by atoms with Crippen molar-refractivity contribution in [2.24, 2.45) is 5.92 Å². The maximum Gasteiger partial charge on any atom is 0.143 e. The van der Waals surface area contributed by atoms with Gasteiger partial charge in [0.1, 0.15) is 11.3 Å². The Kier molecular flexibility index (Phi) is 3.84. The summed E-state index contributed by atoms with van der Waals surface area (Å²) in [6, 6.07) is 15.3. The number of furan rings is 1. The number of aromatic nitrogens is 1. The van der Waals surface area contributed by atoms with E-state index in [0.29, 0.717) is 5.92 Å². The minimum absolute atomic E-state index is 0.654. The van der Waals surface area contributed by atoms with E-state index in [-0.39, 0.29) is 0 Å². The summed E-state index contributed by atoms with van der Waals surface area (Å²) >= 11 is 0. The highest BCUT2D eigenvalue weighted by Gasteiger charge is 2.14. The third-order valence-corrected chi connectivity index (χ3v) is 4.61. The fourth-order valence-corrected chi connectivity index (χ4v) is 3.65. The fraction of sp³-hybridized carbons (Fsp3) is 0.261. The highest BCUT2D eigenvalue weighted by atomic mass is 16.3. The highest BCUT2D eigenvalue weighted by Crippen LogP contribution is 2.35. The molecule has 25 heavy (non-hydrogen) atoms. The van der Waals surface area contributed by atoms with Gasteiger partial charge in [-0.2, -0.15) is 0 Å². The minimum atomic E-state index is 0.654. The molecule has 0 bridgehead atoms. The van der Waals surface area contributed by atoms with Crippen molar-refractivity contribution in [1.82, 2.24) is 4.98 Å². The summed E-state index contributed by atoms with van der Waals surface area (Å²) in [7, 11) is 0. The summed E-state index contributed by atoms with van der Waals surface area (Å²) in [6.45, 7) is 8.63. The lowest BCUT2D eigenvalue weighted by molar-refractivity contribution is 0.579. The molecular weight excluding hydrogens is 306 g/mol. The van der Waals surface area contributed by atoms with Crippen LogP contribution in [-0.2, 0) is 6.42 Å². The quantitative estimate of drug-likeness (QED) is 0.431. The topological polar surface area (TPSA) is 26.0 Å². The van der Waals surface area contributed by atoms with Crippen LogP contribution in [0.1, 0.15) is 30.7 Å². The number of nitrogens with zero attached hydrogens (tertiary/aromatic N) is 1. The average Bonchev–Trinajstić information content (AvgIpc) is 2.92. The van der Waals surface area contributed by atoms with E-state index >= 15 is 0 Å². The molecular formula is C23H23NO. The van der Waals surface area contributed by atoms with Crippen LogP contribution in [0.4, 0.5) is 0 Å². The molecule has 0 saturated heterocycles. The molecule has 0 unspecified atom stereocenters. The van der Waals surface area contributed by atoms with E-state index in [1.165, 1.54) is 21.9 Å². The number of aryl methyl sites for hydroxylation is 2. The van der Waals surface area contributed by atoms with Gasteiger partial charge in [0, 0.05) is 22.5 Å². The predicted octanol–water partition coefficient (Wildman–Crippen LogP) is 6.46. The van der Waals surface area contributed by atoms with Crippen molar-refractivity contribution in [2.75, 3.05) is 0 Å². The molecule has 0 aliphatic carbocycles. The van der Waals surface area contributed by atoms with Gasteiger partial charge in [0.15, 0.2) is 0 Å². The lowest BCUT2D eigenvalue weighted by Gasteiger charge is -2.10. The second kappa shape index (κ2) is 6.03. The van der Waals surface area contributed by atoms with E-state index in [1.807, 2.05) is 13.1 Å². The summed E-state index contributed by atoms with van der Waals surface area (Å²) in [5.74, 6) is 1.59. The van der Waals surface area contributed by atoms with Crippen LogP contribution in [0, 0.1) is 19.8 Å². The Morgan fingerprint density at radius 1 is 0.960 bits per heavy atom. The van der Waals surface area contributed by atoms with Crippen LogP contribution >= 0.6 is 0 Å². The van der Waals surface area contributed by atoms with Crippen molar-refractivity contribution in [1.29, 1.82) is 0 Å². The molecule has 4 rings (SSSR count). The molecule has 0 N–H and O–H groups in total. The zero-order valence-corrected chi connectivity index (χ0v) is 15.3. The summed E-state index contributed by atoms with van der Waals surface area (Å²) in [6.07, 6.45) is 3.00. The third kappa shape index (κ3) is 2.93. The van der Waals surface area contributed by atoms with Crippen molar-refractivity contribution in [3.8, 4) is 11.3 Å². The van der Waals surface area contributed by atoms with Crippen LogP contribution < -0.4 is 0 Å². The van der Waals surface area contributed by atoms with Gasteiger partial charge < -0.3 is 4.42 Å². The first-order valence-electron chi connectivity index (χ1n) is 8.90. The van der Waals surface area contributed by atoms with Gasteiger partial charge in [-0.25, -0.2) is 0 Å². The molecule has 0 saturated carbocycles. The lowest BCUT2D eigenvalue weighted by Crippen LogP contribution is -1.94. The van der Waals surface area contributed by atoms with Crippen molar-refractivity contribution in [3.63, 3.8) is 0 Å². The normalized spacial score (nSPS) is 11.7. The molecule has 2 aromatic carbocycles. The number of hydrogen-bond acceptors (Lipinski definition) is 2. The molecule has 0 fully saturated rings. The SMILES string of the molecule is Cc1cc(-c2nccc3cc(CC(C)C)ccc23)c2oc(C)cc2c1. The molecule has 0 atom stereocenters. The number of benzene rings is 2. The molecule has 0 aliphatic heterocycles. The van der Waals surface area contributed by atoms with E-state index in [9.17, 15) is 0 Å². The lowest BCUT2D eigenvalue weighted by atomic mass is 9.96. The number of pyridine rings is 1. The number of hydrogen-bond donors (Lipinski definition) is 0. The van der Waals surface area contributed by atoms with Gasteiger partial charge in [-0.05, 0) is 67.0 Å². The summed E-state index contributed by atoms with van der Waals surface area (Å²) in [5.41, 5.74) is 5.60. The van der Waals surface area contributed by atoms with E-state index in [4.69, 9.17) is 9.40 Å². The highest BCUT2D eigenvalue weighted by molar-refractivity contribution is 6.02. The average molecular weight is 329 g/mol. The van der Waals surface area contributed by atoms with Crippen LogP contribution in [0.2, 0.25) is 0 Å². The molecule has 126 valence electrons. The standard InChI is InChI=1S/C23H23NO/c1-14(2)9-17-5-6-20-18(13-17)7-8-24-22(20)21-11-15(3)10-19-12-16(4)25-23(19)21/h5-8,10-14H,9H2,1-4H3. The Morgan fingerprint density at radius 3 is 2.60 bits per heavy atom. The predicted molar refractivity (Wildman–Crippen MR) is 105 cm³/mol. The Balaban J connectivity index is 1.95. The van der Waals surface area contributed by atoms with Gasteiger partial charge in [0.05, 0.1) is 5.69 Å². The van der Waals surface area contributed by atoms with Crippen molar-refractivity contribution >= 4 is 21.7 Å². The van der Waals surface area contributed by atoms with Gasteiger partial charge >= 0.3 is 0 Å². The van der Waals surface area contributed by atoms with Gasteiger partial charge in [0.25, 0.3) is 0 Å². The van der Waals surface area contributed by atoms with Crippen molar-refractivity contribution < 1.29 is 4.42 Å². The molecule has 4 aromatic rings. The molecule has 0 aliphatic rings. The Labute approximate surface area is 148 Å². The zero-order chi connectivity index (χ0) is 17.6. The molecule has 2 heterocycles. The van der Waals surface area contributed by atoms with E-state index in [1.54, 1.807) is 0 Å². The summed E-state index contributed by atoms with van der Waals surface area (Å²) in [5, 5.41) is 3.56. The third-order valence-electron chi connectivity index (χ3n) is 4.61. The Hall–Kier alpha value is -2.61. The van der Waals surface area contributed by atoms with Crippen LogP contribution in [0.25, 0.3) is 33.0 Å². The molecule has 2 nitrogen and oxygen atoms in total. The van der Waals surface area contributed by atoms with Crippen molar-refractivity contribution in [2.45, 2.75) is 34.1 Å². The Morgan fingerprint density at radius 2 is 1.80 bits per heavy atom. The van der Waals surface area contributed by atoms with Gasteiger partial charge in [-0.15, -0.1) is 0 Å². The second-order valence-electron chi connectivity index (χ2n) is 7.40. The molecule has 2 heteroatoms. The number of fused-ring (bicyclic) bond motifs is 2. The maximum atomic E-state index is 5.99. The number of rotatable bonds is 3. The van der Waals surface area contributed by atoms with Crippen LogP contribution in [-0.4, -0.2) is 4.98 Å². The first-order chi connectivity index (χ1) is 12.0. The van der Waals surface area contributed by atoms with Crippen LogP contribution in [0.5, 0.6) is 0 Å². The minimum Gasteiger partial charge on any atom is -0.461 e.